The van der Waals surface area contributed by atoms with E-state index in [2.05, 4.69) is 10.5 Å². The summed E-state index contributed by atoms with van der Waals surface area (Å²) >= 11 is 0. The Morgan fingerprint density at radius 3 is 2.96 bits per heavy atom. The quantitative estimate of drug-likeness (QED) is 0.801. The Morgan fingerprint density at radius 1 is 1.36 bits per heavy atom. The molecule has 1 aliphatic heterocycles. The third-order valence-corrected chi connectivity index (χ3v) is 4.90. The highest BCUT2D eigenvalue weighted by molar-refractivity contribution is 5.75. The van der Waals surface area contributed by atoms with E-state index >= 15 is 0 Å². The van der Waals surface area contributed by atoms with Gasteiger partial charge in [-0.2, -0.15) is 0 Å². The van der Waals surface area contributed by atoms with Gasteiger partial charge >= 0.3 is 0 Å². The molecule has 1 atom stereocenters. The summed E-state index contributed by atoms with van der Waals surface area (Å²) in [4.78, 5) is 14.0. The molecular formula is C20H27N3O2. The Hall–Kier alpha value is -2.14. The third kappa shape index (κ3) is 5.16. The van der Waals surface area contributed by atoms with Crippen LogP contribution in [0.15, 0.2) is 40.9 Å². The highest BCUT2D eigenvalue weighted by Crippen LogP contribution is 2.19. The predicted octanol–water partition coefficient (Wildman–Crippen LogP) is 3.12. The molecule has 1 aromatic heterocycles. The summed E-state index contributed by atoms with van der Waals surface area (Å²) in [5.41, 5.74) is 1.93. The Labute approximate surface area is 149 Å². The number of amides is 1. The molecule has 0 aliphatic carbocycles. The predicted molar refractivity (Wildman–Crippen MR) is 98.1 cm³/mol. The molecule has 0 saturated carbocycles. The fourth-order valence-electron chi connectivity index (χ4n) is 3.27. The number of aromatic nitrogens is 1. The van der Waals surface area contributed by atoms with E-state index in [0.29, 0.717) is 12.3 Å². The number of aryl methyl sites for hydroxylation is 1. The molecule has 1 aromatic carbocycles. The third-order valence-electron chi connectivity index (χ3n) is 4.90. The molecule has 25 heavy (non-hydrogen) atoms. The Bertz CT molecular complexity index is 663. The molecule has 1 unspecified atom stereocenters. The summed E-state index contributed by atoms with van der Waals surface area (Å²) in [6.07, 6.45) is 4.54. The van der Waals surface area contributed by atoms with Gasteiger partial charge < -0.3 is 14.7 Å². The van der Waals surface area contributed by atoms with E-state index in [-0.39, 0.29) is 5.91 Å². The number of nitrogens with zero attached hydrogens (tertiary/aromatic N) is 2. The number of carbonyl (C=O) groups is 1. The van der Waals surface area contributed by atoms with Gasteiger partial charge in [-0.25, -0.2) is 0 Å². The van der Waals surface area contributed by atoms with Gasteiger partial charge in [0.15, 0.2) is 0 Å². The van der Waals surface area contributed by atoms with E-state index in [1.165, 1.54) is 6.42 Å². The molecule has 5 nitrogen and oxygen atoms in total. The van der Waals surface area contributed by atoms with Crippen LogP contribution in [0.1, 0.15) is 31.4 Å². The minimum Gasteiger partial charge on any atom is -0.361 e. The number of carbonyl (C=O) groups excluding carboxylic acids is 1. The molecule has 134 valence electrons. The van der Waals surface area contributed by atoms with Crippen LogP contribution < -0.4 is 5.32 Å². The minimum absolute atomic E-state index is 0.245. The summed E-state index contributed by atoms with van der Waals surface area (Å²) in [6.45, 7) is 2.91. The van der Waals surface area contributed by atoms with E-state index in [1.54, 1.807) is 0 Å². The summed E-state index contributed by atoms with van der Waals surface area (Å²) in [5, 5.41) is 7.48. The smallest absolute Gasteiger partial charge is 0.222 e. The topological polar surface area (TPSA) is 58.4 Å². The average molecular weight is 341 g/mol. The molecule has 1 N–H and O–H groups in total. The van der Waals surface area contributed by atoms with Crippen LogP contribution in [-0.4, -0.2) is 42.6 Å². The van der Waals surface area contributed by atoms with Gasteiger partial charge in [0.25, 0.3) is 0 Å². The molecule has 0 radical (unpaired) electrons. The zero-order chi connectivity index (χ0) is 17.5. The average Bonchev–Trinajstić information content (AvgIpc) is 3.32. The van der Waals surface area contributed by atoms with Crippen molar-refractivity contribution >= 4 is 5.91 Å². The van der Waals surface area contributed by atoms with Gasteiger partial charge in [-0.3, -0.25) is 4.79 Å². The SMILES string of the molecule is CN(CCCc1cc(-c2ccccc2)no1)C(=O)CCC1CCNC1. The second kappa shape index (κ2) is 8.81. The Kier molecular flexibility index (Phi) is 6.23. The molecule has 0 spiro atoms. The van der Waals surface area contributed by atoms with E-state index in [4.69, 9.17) is 4.52 Å². The zero-order valence-electron chi connectivity index (χ0n) is 14.9. The second-order valence-corrected chi connectivity index (χ2v) is 6.86. The van der Waals surface area contributed by atoms with Crippen LogP contribution in [0.3, 0.4) is 0 Å². The molecule has 1 fully saturated rings. The number of hydrogen-bond donors (Lipinski definition) is 1. The lowest BCUT2D eigenvalue weighted by molar-refractivity contribution is -0.130. The maximum atomic E-state index is 12.2. The van der Waals surface area contributed by atoms with Crippen LogP contribution in [0, 0.1) is 5.92 Å². The first-order chi connectivity index (χ1) is 12.2. The first-order valence-electron chi connectivity index (χ1n) is 9.18. The van der Waals surface area contributed by atoms with Crippen LogP contribution in [0.5, 0.6) is 0 Å². The van der Waals surface area contributed by atoms with Crippen molar-refractivity contribution in [3.05, 3.63) is 42.2 Å². The molecule has 2 heterocycles. The van der Waals surface area contributed by atoms with Gasteiger partial charge in [0.2, 0.25) is 5.91 Å². The van der Waals surface area contributed by atoms with Gasteiger partial charge in [-0.1, -0.05) is 35.5 Å². The zero-order valence-corrected chi connectivity index (χ0v) is 14.9. The summed E-state index contributed by atoms with van der Waals surface area (Å²) in [6, 6.07) is 12.0. The summed E-state index contributed by atoms with van der Waals surface area (Å²) in [5.74, 6) is 1.79. The Balaban J connectivity index is 1.38. The van der Waals surface area contributed by atoms with Crippen LogP contribution in [0.4, 0.5) is 0 Å². The fourth-order valence-corrected chi connectivity index (χ4v) is 3.27. The highest BCUT2D eigenvalue weighted by Gasteiger charge is 2.17. The van der Waals surface area contributed by atoms with E-state index in [9.17, 15) is 4.79 Å². The monoisotopic (exact) mass is 341 g/mol. The lowest BCUT2D eigenvalue weighted by Crippen LogP contribution is -2.28. The van der Waals surface area contributed by atoms with Gasteiger partial charge in [0.05, 0.1) is 0 Å². The largest absolute Gasteiger partial charge is 0.361 e. The van der Waals surface area contributed by atoms with E-state index < -0.39 is 0 Å². The van der Waals surface area contributed by atoms with Gasteiger partial charge in [-0.15, -0.1) is 0 Å². The van der Waals surface area contributed by atoms with E-state index in [0.717, 1.165) is 55.9 Å². The maximum Gasteiger partial charge on any atom is 0.222 e. The van der Waals surface area contributed by atoms with Crippen molar-refractivity contribution in [2.24, 2.45) is 5.92 Å². The van der Waals surface area contributed by atoms with Crippen LogP contribution in [0.2, 0.25) is 0 Å². The van der Waals surface area contributed by atoms with Crippen molar-refractivity contribution in [1.82, 2.24) is 15.4 Å². The van der Waals surface area contributed by atoms with Crippen LogP contribution >= 0.6 is 0 Å². The molecule has 2 aromatic rings. The van der Waals surface area contributed by atoms with Crippen molar-refractivity contribution in [1.29, 1.82) is 0 Å². The van der Waals surface area contributed by atoms with Crippen LogP contribution in [-0.2, 0) is 11.2 Å². The van der Waals surface area contributed by atoms with Crippen LogP contribution in [0.25, 0.3) is 11.3 Å². The highest BCUT2D eigenvalue weighted by atomic mass is 16.5. The lowest BCUT2D eigenvalue weighted by Gasteiger charge is -2.17. The number of rotatable bonds is 8. The molecule has 5 heteroatoms. The molecule has 1 aliphatic rings. The van der Waals surface area contributed by atoms with Crippen molar-refractivity contribution in [3.63, 3.8) is 0 Å². The normalized spacial score (nSPS) is 16.9. The van der Waals surface area contributed by atoms with E-state index in [1.807, 2.05) is 48.3 Å². The van der Waals surface area contributed by atoms with Gasteiger partial charge in [0.1, 0.15) is 11.5 Å². The van der Waals surface area contributed by atoms with Crippen molar-refractivity contribution in [2.75, 3.05) is 26.7 Å². The maximum absolute atomic E-state index is 12.2. The number of benzene rings is 1. The van der Waals surface area contributed by atoms with Crippen molar-refractivity contribution in [3.8, 4) is 11.3 Å². The van der Waals surface area contributed by atoms with Crippen molar-refractivity contribution in [2.45, 2.75) is 32.1 Å². The number of nitrogens with one attached hydrogen (secondary N) is 1. The van der Waals surface area contributed by atoms with Crippen molar-refractivity contribution < 1.29 is 9.32 Å². The van der Waals surface area contributed by atoms with Gasteiger partial charge in [-0.05, 0) is 38.3 Å². The summed E-state index contributed by atoms with van der Waals surface area (Å²) < 4.78 is 5.42. The minimum atomic E-state index is 0.245. The molecule has 3 rings (SSSR count). The molecule has 1 saturated heterocycles. The molecule has 1 amide bonds. The first-order valence-corrected chi connectivity index (χ1v) is 9.18. The summed E-state index contributed by atoms with van der Waals surface area (Å²) in [7, 11) is 1.89. The standard InChI is InChI=1S/C20H27N3O2/c1-23(20(24)10-9-16-11-12-21-15-16)13-5-8-18-14-19(22-25-18)17-6-3-2-4-7-17/h2-4,6-7,14,16,21H,5,8-13,15H2,1H3. The van der Waals surface area contributed by atoms with Gasteiger partial charge in [0, 0.05) is 38.1 Å². The first kappa shape index (κ1) is 17.7. The molecule has 0 bridgehead atoms. The fraction of sp³-hybridized carbons (Fsp3) is 0.500. The second-order valence-electron chi connectivity index (χ2n) is 6.86. The Morgan fingerprint density at radius 2 is 2.20 bits per heavy atom. The molecular weight excluding hydrogens is 314 g/mol. The lowest BCUT2D eigenvalue weighted by atomic mass is 10.0. The number of hydrogen-bond acceptors (Lipinski definition) is 4.